The number of aliphatic carboxylic acids is 1. The van der Waals surface area contributed by atoms with Crippen LogP contribution in [-0.2, 0) is 11.0 Å². The second-order valence-corrected chi connectivity index (χ2v) is 8.40. The Morgan fingerprint density at radius 2 is 1.70 bits per heavy atom. The number of hydrogen-bond donors (Lipinski definition) is 2. The molecule has 0 spiro atoms. The largest absolute Gasteiger partial charge is 0.505 e. The highest BCUT2D eigenvalue weighted by Gasteiger charge is 2.37. The minimum absolute atomic E-state index is 0.0481. The van der Waals surface area contributed by atoms with Crippen LogP contribution in [0.1, 0.15) is 58.8 Å². The van der Waals surface area contributed by atoms with Gasteiger partial charge in [0.15, 0.2) is 11.6 Å². The van der Waals surface area contributed by atoms with Crippen molar-refractivity contribution in [3.63, 3.8) is 0 Å². The normalized spacial score (nSPS) is 15.8. The molecule has 4 rings (SSSR count). The zero-order chi connectivity index (χ0) is 24.1. The van der Waals surface area contributed by atoms with E-state index in [4.69, 9.17) is 0 Å². The third kappa shape index (κ3) is 3.96. The molecule has 33 heavy (non-hydrogen) atoms. The van der Waals surface area contributed by atoms with Crippen molar-refractivity contribution in [1.82, 2.24) is 4.57 Å². The summed E-state index contributed by atoms with van der Waals surface area (Å²) in [6.07, 6.45) is -1.46. The van der Waals surface area contributed by atoms with Crippen molar-refractivity contribution in [3.8, 4) is 5.75 Å². The van der Waals surface area contributed by atoms with Gasteiger partial charge in [-0.1, -0.05) is 12.8 Å². The highest BCUT2D eigenvalue weighted by atomic mass is 19.4. The molecule has 174 valence electrons. The van der Waals surface area contributed by atoms with E-state index in [1.807, 2.05) is 0 Å². The number of carbonyl (C=O) groups excluding carboxylic acids is 1. The molecule has 1 heterocycles. The van der Waals surface area contributed by atoms with Gasteiger partial charge >= 0.3 is 12.1 Å². The lowest BCUT2D eigenvalue weighted by molar-refractivity contribution is -0.140. The van der Waals surface area contributed by atoms with Crippen molar-refractivity contribution in [2.24, 2.45) is 5.92 Å². The van der Waals surface area contributed by atoms with Crippen LogP contribution in [0.4, 0.5) is 17.6 Å². The van der Waals surface area contributed by atoms with Crippen LogP contribution in [0.25, 0.3) is 10.9 Å². The van der Waals surface area contributed by atoms with E-state index in [9.17, 15) is 37.4 Å². The highest BCUT2D eigenvalue weighted by molar-refractivity contribution is 6.05. The summed E-state index contributed by atoms with van der Waals surface area (Å²) >= 11 is 0. The maximum atomic E-state index is 14.3. The summed E-state index contributed by atoms with van der Waals surface area (Å²) in [6, 6.07) is 5.66. The second-order valence-electron chi connectivity index (χ2n) is 8.40. The van der Waals surface area contributed by atoms with Crippen molar-refractivity contribution in [3.05, 3.63) is 64.6 Å². The van der Waals surface area contributed by atoms with E-state index in [2.05, 4.69) is 0 Å². The number of nitrogens with zero attached hydrogens (tertiary/aromatic N) is 1. The molecule has 0 radical (unpaired) electrons. The summed E-state index contributed by atoms with van der Waals surface area (Å²) in [5.41, 5.74) is -0.390. The monoisotopic (exact) mass is 463 g/mol. The van der Waals surface area contributed by atoms with Crippen LogP contribution in [0.3, 0.4) is 0 Å². The molecule has 0 amide bonds. The molecule has 0 bridgehead atoms. The molecular weight excluding hydrogens is 442 g/mol. The van der Waals surface area contributed by atoms with Crippen molar-refractivity contribution < 1.29 is 37.4 Å². The molecule has 0 aliphatic heterocycles. The maximum Gasteiger partial charge on any atom is 0.416 e. The summed E-state index contributed by atoms with van der Waals surface area (Å²) in [4.78, 5) is 25.6. The van der Waals surface area contributed by atoms with Crippen LogP contribution in [0.15, 0.2) is 36.4 Å². The molecule has 1 aromatic heterocycles. The van der Waals surface area contributed by atoms with Gasteiger partial charge < -0.3 is 10.2 Å². The lowest BCUT2D eigenvalue weighted by atomic mass is 9.83. The Bertz CT molecular complexity index is 1240. The van der Waals surface area contributed by atoms with Gasteiger partial charge in [0.2, 0.25) is 0 Å². The third-order valence-electron chi connectivity index (χ3n) is 6.43. The summed E-state index contributed by atoms with van der Waals surface area (Å²) < 4.78 is 54.1. The van der Waals surface area contributed by atoms with Gasteiger partial charge in [-0.05, 0) is 61.6 Å². The minimum atomic E-state index is -4.57. The standard InChI is InChI=1S/C24H21F4NO4/c1-12-20(21(23(32)33)13-4-2-3-5-13)16-10-19(30)17(25)11-18(16)29(12)22(31)14-6-8-15(9-7-14)24(26,27)28/h6-11,13,21,30H,2-5H2,1H3,(H,32,33). The second kappa shape index (κ2) is 8.20. The Morgan fingerprint density at radius 1 is 1.09 bits per heavy atom. The Morgan fingerprint density at radius 3 is 2.24 bits per heavy atom. The lowest BCUT2D eigenvalue weighted by Gasteiger charge is -2.20. The molecule has 1 aliphatic carbocycles. The first kappa shape index (κ1) is 22.8. The van der Waals surface area contributed by atoms with Crippen molar-refractivity contribution >= 4 is 22.8 Å². The van der Waals surface area contributed by atoms with E-state index < -0.39 is 41.1 Å². The van der Waals surface area contributed by atoms with Gasteiger partial charge in [-0.15, -0.1) is 0 Å². The predicted molar refractivity (Wildman–Crippen MR) is 112 cm³/mol. The number of carboxylic acid groups (broad SMARTS) is 1. The molecular formula is C24H21F4NO4. The summed E-state index contributed by atoms with van der Waals surface area (Å²) in [5.74, 6) is -4.65. The number of fused-ring (bicyclic) bond motifs is 1. The molecule has 9 heteroatoms. The number of halogens is 4. The van der Waals surface area contributed by atoms with Gasteiger partial charge in [0.05, 0.1) is 17.0 Å². The summed E-state index contributed by atoms with van der Waals surface area (Å²) in [7, 11) is 0. The molecule has 3 aromatic rings. The smallest absolute Gasteiger partial charge is 0.416 e. The molecule has 1 atom stereocenters. The third-order valence-corrected chi connectivity index (χ3v) is 6.43. The Balaban J connectivity index is 1.92. The number of aromatic hydroxyl groups is 1. The van der Waals surface area contributed by atoms with Crippen LogP contribution >= 0.6 is 0 Å². The average Bonchev–Trinajstić information content (AvgIpc) is 3.35. The first-order valence-electron chi connectivity index (χ1n) is 10.5. The van der Waals surface area contributed by atoms with E-state index in [0.717, 1.165) is 53.8 Å². The quantitative estimate of drug-likeness (QED) is 0.475. The number of hydrogen-bond acceptors (Lipinski definition) is 3. The van der Waals surface area contributed by atoms with Crippen molar-refractivity contribution in [2.75, 3.05) is 0 Å². The van der Waals surface area contributed by atoms with Crippen LogP contribution < -0.4 is 0 Å². The molecule has 1 unspecified atom stereocenters. The molecule has 2 N–H and O–H groups in total. The van der Waals surface area contributed by atoms with Gasteiger partial charge in [0.25, 0.3) is 5.91 Å². The topological polar surface area (TPSA) is 79.5 Å². The van der Waals surface area contributed by atoms with Gasteiger partial charge in [-0.3, -0.25) is 14.2 Å². The van der Waals surface area contributed by atoms with E-state index in [1.165, 1.54) is 6.92 Å². The number of benzene rings is 2. The van der Waals surface area contributed by atoms with Gasteiger partial charge in [0, 0.05) is 22.7 Å². The fourth-order valence-corrected chi connectivity index (χ4v) is 4.88. The molecule has 5 nitrogen and oxygen atoms in total. The van der Waals surface area contributed by atoms with Crippen LogP contribution in [-0.4, -0.2) is 26.7 Å². The SMILES string of the molecule is Cc1c(C(C(=O)O)C2CCCC2)c2cc(O)c(F)cc2n1C(=O)c1ccc(C(F)(F)F)cc1. The summed E-state index contributed by atoms with van der Waals surface area (Å²) in [6.45, 7) is 1.52. The minimum Gasteiger partial charge on any atom is -0.505 e. The number of phenolic OH excluding ortho intramolecular Hbond substituents is 1. The fraction of sp³-hybridized carbons (Fsp3) is 0.333. The van der Waals surface area contributed by atoms with E-state index in [-0.39, 0.29) is 28.1 Å². The Labute approximate surface area is 186 Å². The van der Waals surface area contributed by atoms with Gasteiger partial charge in [-0.25, -0.2) is 4.39 Å². The summed E-state index contributed by atoms with van der Waals surface area (Å²) in [5, 5.41) is 20.2. The van der Waals surface area contributed by atoms with Crippen LogP contribution in [0.2, 0.25) is 0 Å². The molecule has 2 aromatic carbocycles. The number of aromatic nitrogens is 1. The Kier molecular flexibility index (Phi) is 5.67. The van der Waals surface area contributed by atoms with Crippen molar-refractivity contribution in [2.45, 2.75) is 44.7 Å². The van der Waals surface area contributed by atoms with Crippen LogP contribution in [0.5, 0.6) is 5.75 Å². The Hall–Kier alpha value is -3.36. The van der Waals surface area contributed by atoms with Crippen molar-refractivity contribution in [1.29, 1.82) is 0 Å². The number of carbonyl (C=O) groups is 2. The highest BCUT2D eigenvalue weighted by Crippen LogP contribution is 2.43. The first-order chi connectivity index (χ1) is 15.5. The van der Waals surface area contributed by atoms with Crippen LogP contribution in [0, 0.1) is 18.7 Å². The van der Waals surface area contributed by atoms with E-state index >= 15 is 0 Å². The maximum absolute atomic E-state index is 14.3. The molecule has 1 saturated carbocycles. The fourth-order valence-electron chi connectivity index (χ4n) is 4.88. The van der Waals surface area contributed by atoms with Gasteiger partial charge in [-0.2, -0.15) is 13.2 Å². The molecule has 0 saturated heterocycles. The predicted octanol–water partition coefficient (Wildman–Crippen LogP) is 5.86. The number of alkyl halides is 3. The average molecular weight is 463 g/mol. The number of phenols is 1. The molecule has 1 aliphatic rings. The van der Waals surface area contributed by atoms with E-state index in [0.29, 0.717) is 18.4 Å². The van der Waals surface area contributed by atoms with E-state index in [1.54, 1.807) is 0 Å². The van der Waals surface area contributed by atoms with Gasteiger partial charge in [0.1, 0.15) is 0 Å². The first-order valence-corrected chi connectivity index (χ1v) is 10.5. The number of carboxylic acids is 1. The zero-order valence-corrected chi connectivity index (χ0v) is 17.6. The lowest BCUT2D eigenvalue weighted by Crippen LogP contribution is -2.21. The number of rotatable bonds is 4. The zero-order valence-electron chi connectivity index (χ0n) is 17.6. The molecule has 1 fully saturated rings.